The van der Waals surface area contributed by atoms with E-state index in [4.69, 9.17) is 11.6 Å². The fraction of sp³-hybridized carbons (Fsp3) is 0.200. The molecule has 3 aromatic carbocycles. The molecule has 5 nitrogen and oxygen atoms in total. The predicted octanol–water partition coefficient (Wildman–Crippen LogP) is 5.41. The monoisotopic (exact) mass is 465 g/mol. The van der Waals surface area contributed by atoms with E-state index in [-0.39, 0.29) is 11.8 Å². The first-order valence-electron chi connectivity index (χ1n) is 10.4. The smallest absolute Gasteiger partial charge is 0.254 e. The Morgan fingerprint density at radius 1 is 0.906 bits per heavy atom. The fourth-order valence-electron chi connectivity index (χ4n) is 3.66. The molecular weight excluding hydrogens is 442 g/mol. The number of amides is 2. The van der Waals surface area contributed by atoms with Crippen molar-refractivity contribution in [2.45, 2.75) is 16.7 Å². The zero-order valence-electron chi connectivity index (χ0n) is 17.8. The molecule has 0 bridgehead atoms. The second-order valence-electron chi connectivity index (χ2n) is 7.56. The zero-order chi connectivity index (χ0) is 22.5. The first kappa shape index (κ1) is 22.2. The summed E-state index contributed by atoms with van der Waals surface area (Å²) in [5.41, 5.74) is 2.38. The minimum atomic E-state index is -0.177. The minimum Gasteiger partial charge on any atom is -0.368 e. The number of hydrogen-bond donors (Lipinski definition) is 1. The number of benzene rings is 3. The lowest BCUT2D eigenvalue weighted by atomic mass is 10.1. The van der Waals surface area contributed by atoms with Gasteiger partial charge in [-0.3, -0.25) is 9.59 Å². The number of carbonyl (C=O) groups excluding carboxylic acids is 2. The lowest BCUT2D eigenvalue weighted by Gasteiger charge is -2.36. The Labute approximate surface area is 197 Å². The third-order valence-corrected chi connectivity index (χ3v) is 6.60. The van der Waals surface area contributed by atoms with Crippen LogP contribution in [0.4, 0.5) is 11.4 Å². The van der Waals surface area contributed by atoms with Gasteiger partial charge in [-0.05, 0) is 54.6 Å². The van der Waals surface area contributed by atoms with Gasteiger partial charge in [-0.25, -0.2) is 0 Å². The van der Waals surface area contributed by atoms with E-state index in [0.717, 1.165) is 22.9 Å². The Hall–Kier alpha value is -2.96. The van der Waals surface area contributed by atoms with Crippen molar-refractivity contribution in [2.75, 3.05) is 36.4 Å². The number of anilines is 2. The molecule has 0 unspecified atom stereocenters. The normalized spacial score (nSPS) is 13.7. The summed E-state index contributed by atoms with van der Waals surface area (Å²) in [4.78, 5) is 31.0. The maximum absolute atomic E-state index is 13.2. The second-order valence-corrected chi connectivity index (χ2v) is 9.11. The van der Waals surface area contributed by atoms with Gasteiger partial charge in [-0.2, -0.15) is 0 Å². The Balaban J connectivity index is 1.48. The molecule has 4 rings (SSSR count). The van der Waals surface area contributed by atoms with Gasteiger partial charge in [0.15, 0.2) is 0 Å². The topological polar surface area (TPSA) is 52.7 Å². The summed E-state index contributed by atoms with van der Waals surface area (Å²) in [5, 5.41) is 3.54. The van der Waals surface area contributed by atoms with Crippen LogP contribution < -0.4 is 10.2 Å². The summed E-state index contributed by atoms with van der Waals surface area (Å²) < 4.78 is 0. The quantitative estimate of drug-likeness (QED) is 0.547. The van der Waals surface area contributed by atoms with Gasteiger partial charge in [0.05, 0.1) is 5.69 Å². The molecule has 1 aliphatic rings. The lowest BCUT2D eigenvalue weighted by molar-refractivity contribution is -0.114. The van der Waals surface area contributed by atoms with E-state index in [1.807, 2.05) is 59.5 Å². The maximum Gasteiger partial charge on any atom is 0.254 e. The molecule has 32 heavy (non-hydrogen) atoms. The van der Waals surface area contributed by atoms with Crippen LogP contribution >= 0.6 is 23.4 Å². The van der Waals surface area contributed by atoms with Crippen LogP contribution in [-0.4, -0.2) is 42.9 Å². The van der Waals surface area contributed by atoms with Gasteiger partial charge in [0.2, 0.25) is 5.91 Å². The SMILES string of the molecule is CC(=O)Nc1cc(C(=O)N2CCN(c3ccccc3)CC2)ccc1Sc1ccc(Cl)cc1. The highest BCUT2D eigenvalue weighted by molar-refractivity contribution is 7.99. The molecule has 2 amide bonds. The van der Waals surface area contributed by atoms with E-state index in [2.05, 4.69) is 22.3 Å². The largest absolute Gasteiger partial charge is 0.368 e. The summed E-state index contributed by atoms with van der Waals surface area (Å²) in [5.74, 6) is -0.198. The molecule has 1 saturated heterocycles. The third kappa shape index (κ3) is 5.44. The first-order chi connectivity index (χ1) is 15.5. The van der Waals surface area contributed by atoms with E-state index in [9.17, 15) is 9.59 Å². The number of nitrogens with one attached hydrogen (secondary N) is 1. The van der Waals surface area contributed by atoms with Gasteiger partial charge < -0.3 is 15.1 Å². The second kappa shape index (κ2) is 10.1. The van der Waals surface area contributed by atoms with Crippen LogP contribution in [0.3, 0.4) is 0 Å². The van der Waals surface area contributed by atoms with Gasteiger partial charge in [0.1, 0.15) is 0 Å². The summed E-state index contributed by atoms with van der Waals surface area (Å²) in [6, 6.07) is 23.2. The lowest BCUT2D eigenvalue weighted by Crippen LogP contribution is -2.48. The number of nitrogens with zero attached hydrogens (tertiary/aromatic N) is 2. The van der Waals surface area contributed by atoms with Crippen LogP contribution in [0.15, 0.2) is 82.6 Å². The van der Waals surface area contributed by atoms with Crippen molar-refractivity contribution in [1.82, 2.24) is 4.90 Å². The Morgan fingerprint density at radius 2 is 1.59 bits per heavy atom. The number of halogens is 1. The molecular formula is C25H24ClN3O2S. The Bertz CT molecular complexity index is 1100. The number of carbonyl (C=O) groups is 2. The van der Waals surface area contributed by atoms with Crippen molar-refractivity contribution in [3.05, 3.63) is 83.4 Å². The minimum absolute atomic E-state index is 0.0210. The van der Waals surface area contributed by atoms with Crippen molar-refractivity contribution < 1.29 is 9.59 Å². The van der Waals surface area contributed by atoms with E-state index in [0.29, 0.717) is 29.4 Å². The van der Waals surface area contributed by atoms with Crippen LogP contribution in [0.5, 0.6) is 0 Å². The molecule has 1 aliphatic heterocycles. The van der Waals surface area contributed by atoms with Crippen molar-refractivity contribution in [1.29, 1.82) is 0 Å². The summed E-state index contributed by atoms with van der Waals surface area (Å²) in [7, 11) is 0. The van der Waals surface area contributed by atoms with Crippen molar-refractivity contribution in [3.63, 3.8) is 0 Å². The molecule has 0 aliphatic carbocycles. The van der Waals surface area contributed by atoms with Crippen molar-refractivity contribution in [2.24, 2.45) is 0 Å². The van der Waals surface area contributed by atoms with Gasteiger partial charge >= 0.3 is 0 Å². The average molecular weight is 466 g/mol. The molecule has 0 spiro atoms. The molecule has 0 aromatic heterocycles. The van der Waals surface area contributed by atoms with Crippen LogP contribution in [0.25, 0.3) is 0 Å². The molecule has 1 N–H and O–H groups in total. The van der Waals surface area contributed by atoms with E-state index in [1.165, 1.54) is 24.4 Å². The van der Waals surface area contributed by atoms with Gasteiger partial charge in [-0.1, -0.05) is 41.6 Å². The summed E-state index contributed by atoms with van der Waals surface area (Å²) in [6.45, 7) is 4.36. The molecule has 3 aromatic rings. The first-order valence-corrected chi connectivity index (χ1v) is 11.6. The fourth-order valence-corrected chi connectivity index (χ4v) is 4.67. The van der Waals surface area contributed by atoms with Gasteiger partial charge in [0.25, 0.3) is 5.91 Å². The molecule has 164 valence electrons. The number of rotatable bonds is 5. The predicted molar refractivity (Wildman–Crippen MR) is 131 cm³/mol. The van der Waals surface area contributed by atoms with E-state index >= 15 is 0 Å². The zero-order valence-corrected chi connectivity index (χ0v) is 19.3. The molecule has 1 fully saturated rings. The van der Waals surface area contributed by atoms with E-state index < -0.39 is 0 Å². The number of para-hydroxylation sites is 1. The van der Waals surface area contributed by atoms with Gasteiger partial charge in [0, 0.05) is 59.2 Å². The van der Waals surface area contributed by atoms with Crippen molar-refractivity contribution >= 4 is 46.6 Å². The highest BCUT2D eigenvalue weighted by Gasteiger charge is 2.23. The van der Waals surface area contributed by atoms with Crippen LogP contribution in [-0.2, 0) is 4.79 Å². The Morgan fingerprint density at radius 3 is 2.25 bits per heavy atom. The highest BCUT2D eigenvalue weighted by atomic mass is 35.5. The Kier molecular flexibility index (Phi) is 7.02. The molecule has 0 saturated carbocycles. The standard InChI is InChI=1S/C25H24ClN3O2S/c1-18(30)27-23-17-19(7-12-24(23)32-22-10-8-20(26)9-11-22)25(31)29-15-13-28(14-16-29)21-5-3-2-4-6-21/h2-12,17H,13-16H2,1H3,(H,27,30). The number of piperazine rings is 1. The molecule has 0 radical (unpaired) electrons. The highest BCUT2D eigenvalue weighted by Crippen LogP contribution is 2.35. The van der Waals surface area contributed by atoms with E-state index in [1.54, 1.807) is 6.07 Å². The average Bonchev–Trinajstić information content (AvgIpc) is 2.81. The van der Waals surface area contributed by atoms with Gasteiger partial charge in [-0.15, -0.1) is 0 Å². The summed E-state index contributed by atoms with van der Waals surface area (Å²) >= 11 is 7.49. The maximum atomic E-state index is 13.2. The van der Waals surface area contributed by atoms with Crippen LogP contribution in [0, 0.1) is 0 Å². The molecule has 0 atom stereocenters. The van der Waals surface area contributed by atoms with Crippen LogP contribution in [0.2, 0.25) is 5.02 Å². The third-order valence-electron chi connectivity index (χ3n) is 5.27. The number of hydrogen-bond acceptors (Lipinski definition) is 4. The van der Waals surface area contributed by atoms with Crippen LogP contribution in [0.1, 0.15) is 17.3 Å². The molecule has 1 heterocycles. The summed E-state index contributed by atoms with van der Waals surface area (Å²) in [6.07, 6.45) is 0. The molecule has 7 heteroatoms. The van der Waals surface area contributed by atoms with Crippen molar-refractivity contribution in [3.8, 4) is 0 Å².